The van der Waals surface area contributed by atoms with E-state index in [2.05, 4.69) is 38.4 Å². The first-order valence-electron chi connectivity index (χ1n) is 6.30. The van der Waals surface area contributed by atoms with Crippen molar-refractivity contribution in [3.63, 3.8) is 0 Å². The molecule has 0 atom stereocenters. The molecule has 0 spiro atoms. The molecular formula is C15H18BrN3O. The lowest BCUT2D eigenvalue weighted by atomic mass is 10.2. The smallest absolute Gasteiger partial charge is 0.239 e. The molecule has 0 saturated heterocycles. The Labute approximate surface area is 127 Å². The lowest BCUT2D eigenvalue weighted by Gasteiger charge is -2.20. The van der Waals surface area contributed by atoms with Gasteiger partial charge in [0.15, 0.2) is 0 Å². The molecule has 1 N–H and O–H groups in total. The average molecular weight is 336 g/mol. The van der Waals surface area contributed by atoms with Crippen molar-refractivity contribution in [1.29, 1.82) is 0 Å². The Morgan fingerprint density at radius 1 is 1.30 bits per heavy atom. The number of halogens is 1. The predicted molar refractivity (Wildman–Crippen MR) is 86.6 cm³/mol. The molecule has 0 bridgehead atoms. The highest BCUT2D eigenvalue weighted by atomic mass is 79.9. The lowest BCUT2D eigenvalue weighted by molar-refractivity contribution is 0.400. The van der Waals surface area contributed by atoms with Crippen molar-refractivity contribution in [2.24, 2.45) is 0 Å². The van der Waals surface area contributed by atoms with Gasteiger partial charge < -0.3 is 15.0 Å². The molecule has 0 saturated carbocycles. The predicted octanol–water partition coefficient (Wildman–Crippen LogP) is 3.53. The zero-order valence-corrected chi connectivity index (χ0v) is 13.4. The summed E-state index contributed by atoms with van der Waals surface area (Å²) in [5.41, 5.74) is 3.14. The summed E-state index contributed by atoms with van der Waals surface area (Å²) in [5.74, 6) is 0.603. The molecule has 1 heterocycles. The summed E-state index contributed by atoms with van der Waals surface area (Å²) in [6.07, 6.45) is 1.75. The van der Waals surface area contributed by atoms with E-state index >= 15 is 0 Å². The van der Waals surface area contributed by atoms with Gasteiger partial charge in [0.1, 0.15) is 5.69 Å². The van der Waals surface area contributed by atoms with Crippen LogP contribution in [0.3, 0.4) is 0 Å². The van der Waals surface area contributed by atoms with Crippen LogP contribution < -0.4 is 15.0 Å². The van der Waals surface area contributed by atoms with E-state index in [4.69, 9.17) is 4.74 Å². The van der Waals surface area contributed by atoms with Crippen molar-refractivity contribution < 1.29 is 4.74 Å². The third-order valence-corrected chi connectivity index (χ3v) is 3.42. The molecule has 5 heteroatoms. The van der Waals surface area contributed by atoms with Crippen molar-refractivity contribution in [2.75, 3.05) is 31.4 Å². The second-order valence-electron chi connectivity index (χ2n) is 4.59. The number of ether oxygens (including phenoxy) is 1. The number of methoxy groups -OCH3 is 1. The fourth-order valence-electron chi connectivity index (χ4n) is 1.96. The van der Waals surface area contributed by atoms with Gasteiger partial charge in [-0.25, -0.2) is 4.98 Å². The molecule has 4 nitrogen and oxygen atoms in total. The van der Waals surface area contributed by atoms with Crippen LogP contribution in [-0.4, -0.2) is 26.2 Å². The second-order valence-corrected chi connectivity index (χ2v) is 5.51. The normalized spacial score (nSPS) is 10.2. The Morgan fingerprint density at radius 2 is 2.10 bits per heavy atom. The highest BCUT2D eigenvalue weighted by Gasteiger charge is 2.11. The molecule has 106 valence electrons. The van der Waals surface area contributed by atoms with Gasteiger partial charge >= 0.3 is 0 Å². The Bertz CT molecular complexity index is 587. The maximum atomic E-state index is 5.34. The number of rotatable bonds is 5. The van der Waals surface area contributed by atoms with Crippen LogP contribution in [0.5, 0.6) is 5.88 Å². The van der Waals surface area contributed by atoms with E-state index in [1.54, 1.807) is 13.3 Å². The third-order valence-electron chi connectivity index (χ3n) is 2.93. The minimum Gasteiger partial charge on any atom is -0.479 e. The van der Waals surface area contributed by atoms with Gasteiger partial charge in [-0.2, -0.15) is 0 Å². The molecule has 0 aliphatic heterocycles. The summed E-state index contributed by atoms with van der Waals surface area (Å²) in [5, 5.41) is 3.41. The monoisotopic (exact) mass is 335 g/mol. The number of pyridine rings is 1. The van der Waals surface area contributed by atoms with Crippen LogP contribution in [0.25, 0.3) is 0 Å². The van der Waals surface area contributed by atoms with Crippen molar-refractivity contribution in [3.8, 4) is 5.88 Å². The van der Waals surface area contributed by atoms with Gasteiger partial charge in [-0.3, -0.25) is 0 Å². The Morgan fingerprint density at radius 3 is 2.75 bits per heavy atom. The molecule has 0 aliphatic rings. The largest absolute Gasteiger partial charge is 0.479 e. The Kier molecular flexibility index (Phi) is 4.84. The van der Waals surface area contributed by atoms with Gasteiger partial charge in [0, 0.05) is 31.3 Å². The van der Waals surface area contributed by atoms with E-state index in [1.165, 1.54) is 5.56 Å². The molecule has 0 amide bonds. The summed E-state index contributed by atoms with van der Waals surface area (Å²) >= 11 is 3.48. The number of aromatic nitrogens is 1. The topological polar surface area (TPSA) is 37.4 Å². The number of hydrogen-bond acceptors (Lipinski definition) is 4. The summed E-state index contributed by atoms with van der Waals surface area (Å²) in [4.78, 5) is 6.28. The van der Waals surface area contributed by atoms with E-state index in [-0.39, 0.29) is 0 Å². The van der Waals surface area contributed by atoms with E-state index in [1.807, 2.05) is 37.2 Å². The van der Waals surface area contributed by atoms with Crippen molar-refractivity contribution in [1.82, 2.24) is 4.98 Å². The first kappa shape index (κ1) is 14.7. The van der Waals surface area contributed by atoms with Gasteiger partial charge in [0.05, 0.1) is 12.8 Å². The fourth-order valence-corrected chi connectivity index (χ4v) is 2.41. The molecule has 20 heavy (non-hydrogen) atoms. The molecule has 0 aliphatic carbocycles. The van der Waals surface area contributed by atoms with Crippen LogP contribution in [-0.2, 0) is 6.54 Å². The molecular weight excluding hydrogens is 318 g/mol. The first-order chi connectivity index (χ1) is 9.61. The second kappa shape index (κ2) is 6.61. The zero-order valence-electron chi connectivity index (χ0n) is 11.9. The summed E-state index contributed by atoms with van der Waals surface area (Å²) in [6.45, 7) is 0.711. The molecule has 0 fully saturated rings. The van der Waals surface area contributed by atoms with Crippen LogP contribution in [0.4, 0.5) is 11.4 Å². The summed E-state index contributed by atoms with van der Waals surface area (Å²) in [7, 11) is 5.63. The van der Waals surface area contributed by atoms with Crippen molar-refractivity contribution in [2.45, 2.75) is 6.54 Å². The highest BCUT2D eigenvalue weighted by molar-refractivity contribution is 9.10. The number of nitrogens with one attached hydrogen (secondary N) is 1. The molecule has 2 aromatic rings. The minimum absolute atomic E-state index is 0.603. The van der Waals surface area contributed by atoms with Crippen molar-refractivity contribution >= 4 is 27.3 Å². The molecule has 2 rings (SSSR count). The Hall–Kier alpha value is -1.75. The lowest BCUT2D eigenvalue weighted by Crippen LogP contribution is -2.13. The zero-order chi connectivity index (χ0) is 14.5. The summed E-state index contributed by atoms with van der Waals surface area (Å²) in [6, 6.07) is 10.2. The van der Waals surface area contributed by atoms with Crippen LogP contribution in [0, 0.1) is 0 Å². The maximum absolute atomic E-state index is 5.34. The van der Waals surface area contributed by atoms with Gasteiger partial charge in [-0.15, -0.1) is 0 Å². The molecule has 0 radical (unpaired) electrons. The molecule has 1 aromatic carbocycles. The van der Waals surface area contributed by atoms with Crippen LogP contribution in [0.15, 0.2) is 41.0 Å². The molecule has 0 unspecified atom stereocenters. The van der Waals surface area contributed by atoms with Crippen LogP contribution in [0.1, 0.15) is 5.56 Å². The van der Waals surface area contributed by atoms with E-state index < -0.39 is 0 Å². The number of benzene rings is 1. The standard InChI is InChI=1S/C15H18BrN3O/c1-19(2)13-7-8-17-15(20-3)14(13)18-10-11-5-4-6-12(16)9-11/h4-9,18H,10H2,1-3H3. The van der Waals surface area contributed by atoms with Crippen molar-refractivity contribution in [3.05, 3.63) is 46.6 Å². The average Bonchev–Trinajstić information content (AvgIpc) is 2.44. The minimum atomic E-state index is 0.603. The van der Waals surface area contributed by atoms with Crippen LogP contribution >= 0.6 is 15.9 Å². The number of anilines is 2. The highest BCUT2D eigenvalue weighted by Crippen LogP contribution is 2.32. The van der Waals surface area contributed by atoms with E-state index in [0.29, 0.717) is 12.4 Å². The van der Waals surface area contributed by atoms with Gasteiger partial charge in [0.25, 0.3) is 0 Å². The first-order valence-corrected chi connectivity index (χ1v) is 7.09. The Balaban J connectivity index is 2.24. The SMILES string of the molecule is COc1nccc(N(C)C)c1NCc1cccc(Br)c1. The maximum Gasteiger partial charge on any atom is 0.239 e. The van der Waals surface area contributed by atoms with Gasteiger partial charge in [-0.1, -0.05) is 28.1 Å². The number of nitrogens with zero attached hydrogens (tertiary/aromatic N) is 2. The molecule has 1 aromatic heterocycles. The fraction of sp³-hybridized carbons (Fsp3) is 0.267. The third kappa shape index (κ3) is 3.42. The van der Waals surface area contributed by atoms with E-state index in [9.17, 15) is 0 Å². The number of hydrogen-bond donors (Lipinski definition) is 1. The van der Waals surface area contributed by atoms with E-state index in [0.717, 1.165) is 15.8 Å². The van der Waals surface area contributed by atoms with Gasteiger partial charge in [-0.05, 0) is 23.8 Å². The quantitative estimate of drug-likeness (QED) is 0.906. The summed E-state index contributed by atoms with van der Waals surface area (Å²) < 4.78 is 6.41. The van der Waals surface area contributed by atoms with Crippen LogP contribution in [0.2, 0.25) is 0 Å². The van der Waals surface area contributed by atoms with Gasteiger partial charge in [0.2, 0.25) is 5.88 Å².